The van der Waals surface area contributed by atoms with E-state index < -0.39 is 0 Å². The van der Waals surface area contributed by atoms with Crippen molar-refractivity contribution in [3.63, 3.8) is 0 Å². The summed E-state index contributed by atoms with van der Waals surface area (Å²) in [6, 6.07) is 9.95. The molecule has 0 unspecified atom stereocenters. The lowest BCUT2D eigenvalue weighted by atomic mass is 10.00. The van der Waals surface area contributed by atoms with E-state index in [4.69, 9.17) is 0 Å². The van der Waals surface area contributed by atoms with Crippen molar-refractivity contribution in [1.29, 1.82) is 0 Å². The first-order valence-corrected chi connectivity index (χ1v) is 8.72. The van der Waals surface area contributed by atoms with E-state index in [9.17, 15) is 4.39 Å². The van der Waals surface area contributed by atoms with Crippen molar-refractivity contribution in [3.8, 4) is 0 Å². The van der Waals surface area contributed by atoms with E-state index in [0.717, 1.165) is 30.4 Å². The van der Waals surface area contributed by atoms with Gasteiger partial charge < -0.3 is 0 Å². The van der Waals surface area contributed by atoms with Crippen molar-refractivity contribution < 1.29 is 4.39 Å². The summed E-state index contributed by atoms with van der Waals surface area (Å²) < 4.78 is 14.3. The van der Waals surface area contributed by atoms with E-state index in [2.05, 4.69) is 6.92 Å². The lowest BCUT2D eigenvalue weighted by Gasteiger charge is -2.08. The number of allylic oxidation sites excluding steroid dienone is 2. The third-order valence-electron chi connectivity index (χ3n) is 4.05. The van der Waals surface area contributed by atoms with Crippen LogP contribution in [0.2, 0.25) is 0 Å². The zero-order valence-electron chi connectivity index (χ0n) is 13.8. The second kappa shape index (κ2) is 11.5. The predicted octanol–water partition coefficient (Wildman–Crippen LogP) is 7.31. The fourth-order valence-corrected chi connectivity index (χ4v) is 2.76. The summed E-state index contributed by atoms with van der Waals surface area (Å²) in [7, 11) is 0. The molecule has 0 aliphatic carbocycles. The highest BCUT2D eigenvalue weighted by Crippen LogP contribution is 2.26. The Labute approximate surface area is 130 Å². The Kier molecular flexibility index (Phi) is 9.86. The van der Waals surface area contributed by atoms with Gasteiger partial charge in [0, 0.05) is 0 Å². The summed E-state index contributed by atoms with van der Waals surface area (Å²) in [4.78, 5) is 0. The van der Waals surface area contributed by atoms with Crippen LogP contribution in [0.25, 0.3) is 5.57 Å². The number of halogens is 1. The largest absolute Gasteiger partial charge is 0.212 e. The van der Waals surface area contributed by atoms with Crippen LogP contribution in [0.1, 0.15) is 83.6 Å². The van der Waals surface area contributed by atoms with Crippen LogP contribution in [-0.2, 0) is 0 Å². The highest BCUT2D eigenvalue weighted by Gasteiger charge is 2.07. The van der Waals surface area contributed by atoms with Crippen LogP contribution < -0.4 is 0 Å². The molecule has 1 aromatic rings. The molecule has 0 N–H and O–H groups in total. The third kappa shape index (κ3) is 7.45. The second-order valence-corrected chi connectivity index (χ2v) is 5.83. The van der Waals surface area contributed by atoms with Crippen LogP contribution >= 0.6 is 0 Å². The van der Waals surface area contributed by atoms with E-state index in [-0.39, 0.29) is 5.83 Å². The standard InChI is InChI=1S/C20H31F/c1-3-5-6-7-8-9-10-14-17-20(21)19(4-2)18-15-12-11-13-16-18/h11-13,15-16H,3-10,14,17H2,1-2H3/b20-19+. The lowest BCUT2D eigenvalue weighted by molar-refractivity contribution is 0.535. The molecule has 0 amide bonds. The van der Waals surface area contributed by atoms with Crippen molar-refractivity contribution in [1.82, 2.24) is 0 Å². The maximum absolute atomic E-state index is 14.3. The van der Waals surface area contributed by atoms with Gasteiger partial charge in [0.2, 0.25) is 0 Å². The molecule has 0 aliphatic heterocycles. The van der Waals surface area contributed by atoms with Crippen molar-refractivity contribution in [2.45, 2.75) is 78.1 Å². The van der Waals surface area contributed by atoms with Gasteiger partial charge in [-0.3, -0.25) is 0 Å². The molecule has 0 saturated carbocycles. The van der Waals surface area contributed by atoms with Crippen LogP contribution in [0.15, 0.2) is 36.2 Å². The summed E-state index contributed by atoms with van der Waals surface area (Å²) in [5, 5.41) is 0. The molecule has 0 aromatic heterocycles. The average molecular weight is 290 g/mol. The van der Waals surface area contributed by atoms with Gasteiger partial charge in [-0.05, 0) is 30.4 Å². The Hall–Kier alpha value is -1.11. The van der Waals surface area contributed by atoms with E-state index in [1.807, 2.05) is 37.3 Å². The summed E-state index contributed by atoms with van der Waals surface area (Å²) in [6.07, 6.45) is 11.4. The van der Waals surface area contributed by atoms with Crippen molar-refractivity contribution in [2.24, 2.45) is 0 Å². The average Bonchev–Trinajstić information content (AvgIpc) is 2.52. The molecule has 21 heavy (non-hydrogen) atoms. The van der Waals surface area contributed by atoms with Gasteiger partial charge in [-0.15, -0.1) is 0 Å². The van der Waals surface area contributed by atoms with Gasteiger partial charge in [0.05, 0.1) is 0 Å². The minimum Gasteiger partial charge on any atom is -0.212 e. The van der Waals surface area contributed by atoms with Crippen LogP contribution in [0.5, 0.6) is 0 Å². The van der Waals surface area contributed by atoms with E-state index in [0.29, 0.717) is 6.42 Å². The van der Waals surface area contributed by atoms with Crippen LogP contribution in [0.3, 0.4) is 0 Å². The second-order valence-electron chi connectivity index (χ2n) is 5.83. The van der Waals surface area contributed by atoms with E-state index >= 15 is 0 Å². The molecule has 0 atom stereocenters. The molecular formula is C20H31F. The zero-order chi connectivity index (χ0) is 15.3. The fraction of sp³-hybridized carbons (Fsp3) is 0.600. The van der Waals surface area contributed by atoms with Crippen molar-refractivity contribution in [3.05, 3.63) is 41.7 Å². The molecule has 0 spiro atoms. The number of unbranched alkanes of at least 4 members (excludes halogenated alkanes) is 7. The first kappa shape index (κ1) is 17.9. The highest BCUT2D eigenvalue weighted by atomic mass is 19.1. The van der Waals surface area contributed by atoms with Gasteiger partial charge in [-0.25, -0.2) is 4.39 Å². The van der Waals surface area contributed by atoms with Gasteiger partial charge in [0.15, 0.2) is 0 Å². The van der Waals surface area contributed by atoms with Crippen LogP contribution in [-0.4, -0.2) is 0 Å². The molecule has 0 fully saturated rings. The molecule has 0 nitrogen and oxygen atoms in total. The Morgan fingerprint density at radius 2 is 1.38 bits per heavy atom. The van der Waals surface area contributed by atoms with E-state index in [1.165, 1.54) is 38.5 Å². The zero-order valence-corrected chi connectivity index (χ0v) is 13.8. The normalized spacial score (nSPS) is 12.3. The molecule has 0 bridgehead atoms. The number of benzene rings is 1. The first-order chi connectivity index (χ1) is 10.3. The Bertz CT molecular complexity index is 392. The van der Waals surface area contributed by atoms with Gasteiger partial charge in [-0.2, -0.15) is 0 Å². The van der Waals surface area contributed by atoms with Gasteiger partial charge >= 0.3 is 0 Å². The Balaban J connectivity index is 2.28. The highest BCUT2D eigenvalue weighted by molar-refractivity contribution is 5.66. The first-order valence-electron chi connectivity index (χ1n) is 8.72. The number of hydrogen-bond acceptors (Lipinski definition) is 0. The molecule has 1 rings (SSSR count). The van der Waals surface area contributed by atoms with Crippen molar-refractivity contribution in [2.75, 3.05) is 0 Å². The molecule has 0 aliphatic rings. The van der Waals surface area contributed by atoms with Gasteiger partial charge in [0.25, 0.3) is 0 Å². The minimum atomic E-state index is 0.0923. The summed E-state index contributed by atoms with van der Waals surface area (Å²) in [5.74, 6) is 0.0923. The summed E-state index contributed by atoms with van der Waals surface area (Å²) >= 11 is 0. The fourth-order valence-electron chi connectivity index (χ4n) is 2.76. The monoisotopic (exact) mass is 290 g/mol. The molecule has 118 valence electrons. The molecule has 0 radical (unpaired) electrons. The molecule has 0 saturated heterocycles. The Morgan fingerprint density at radius 1 is 0.810 bits per heavy atom. The Morgan fingerprint density at radius 3 is 1.95 bits per heavy atom. The molecule has 0 heterocycles. The third-order valence-corrected chi connectivity index (χ3v) is 4.05. The van der Waals surface area contributed by atoms with Crippen molar-refractivity contribution >= 4 is 5.57 Å². The smallest absolute Gasteiger partial charge is 0.104 e. The lowest BCUT2D eigenvalue weighted by Crippen LogP contribution is -1.88. The SMILES string of the molecule is CCCCCCCCCC/C(F)=C(/CC)c1ccccc1. The molecular weight excluding hydrogens is 259 g/mol. The maximum Gasteiger partial charge on any atom is 0.104 e. The van der Waals surface area contributed by atoms with Crippen LogP contribution in [0.4, 0.5) is 4.39 Å². The minimum absolute atomic E-state index is 0.0923. The number of rotatable bonds is 11. The number of hydrogen-bond donors (Lipinski definition) is 0. The maximum atomic E-state index is 14.3. The van der Waals surface area contributed by atoms with Gasteiger partial charge in [-0.1, -0.05) is 89.1 Å². The van der Waals surface area contributed by atoms with Gasteiger partial charge in [0.1, 0.15) is 5.83 Å². The topological polar surface area (TPSA) is 0 Å². The van der Waals surface area contributed by atoms with Crippen LogP contribution in [0, 0.1) is 0 Å². The summed E-state index contributed by atoms with van der Waals surface area (Å²) in [5.41, 5.74) is 1.93. The molecule has 1 heteroatoms. The predicted molar refractivity (Wildman–Crippen MR) is 92.0 cm³/mol. The summed E-state index contributed by atoms with van der Waals surface area (Å²) in [6.45, 7) is 4.28. The van der Waals surface area contributed by atoms with E-state index in [1.54, 1.807) is 0 Å². The quantitative estimate of drug-likeness (QED) is 0.375. The molecule has 1 aromatic carbocycles.